The predicted octanol–water partition coefficient (Wildman–Crippen LogP) is 3.62. The highest BCUT2D eigenvalue weighted by molar-refractivity contribution is 7.08. The Kier molecular flexibility index (Phi) is 4.85. The van der Waals surface area contributed by atoms with E-state index in [0.29, 0.717) is 25.3 Å². The molecule has 1 saturated heterocycles. The van der Waals surface area contributed by atoms with E-state index in [2.05, 4.69) is 0 Å². The van der Waals surface area contributed by atoms with E-state index in [0.717, 1.165) is 17.5 Å². The Bertz CT molecular complexity index is 629. The lowest BCUT2D eigenvalue weighted by atomic mass is 10.0. The summed E-state index contributed by atoms with van der Waals surface area (Å²) in [6, 6.07) is 9.86. The first-order valence-electron chi connectivity index (χ1n) is 7.38. The number of ether oxygens (including phenoxy) is 1. The highest BCUT2D eigenvalue weighted by atomic mass is 32.1. The lowest BCUT2D eigenvalue weighted by Crippen LogP contribution is -2.37. The summed E-state index contributed by atoms with van der Waals surface area (Å²) in [5.74, 6) is -0.0379. The van der Waals surface area contributed by atoms with Crippen molar-refractivity contribution in [1.82, 2.24) is 4.90 Å². The molecular formula is C17H18FNO2S. The molecule has 1 aromatic carbocycles. The van der Waals surface area contributed by atoms with Crippen molar-refractivity contribution in [2.45, 2.75) is 12.5 Å². The standard InChI is InChI=1S/C17H18FNO2S/c18-9-14-10-19(7-4-8-21-14)17(20)16-12-22-11-15(16)13-5-2-1-3-6-13/h1-3,5-6,11-12,14H,4,7-10H2/t14-/m0/s1. The van der Waals surface area contributed by atoms with Gasteiger partial charge in [0.1, 0.15) is 12.8 Å². The number of hydrogen-bond donors (Lipinski definition) is 0. The van der Waals surface area contributed by atoms with E-state index in [4.69, 9.17) is 4.74 Å². The molecule has 22 heavy (non-hydrogen) atoms. The first-order valence-corrected chi connectivity index (χ1v) is 8.32. The van der Waals surface area contributed by atoms with Crippen LogP contribution in [0.25, 0.3) is 11.1 Å². The zero-order chi connectivity index (χ0) is 15.4. The Morgan fingerprint density at radius 1 is 1.32 bits per heavy atom. The Hall–Kier alpha value is -1.72. The molecule has 0 N–H and O–H groups in total. The van der Waals surface area contributed by atoms with E-state index in [1.807, 2.05) is 41.1 Å². The molecule has 1 amide bonds. The zero-order valence-corrected chi connectivity index (χ0v) is 13.0. The van der Waals surface area contributed by atoms with Gasteiger partial charge in [-0.25, -0.2) is 4.39 Å². The first kappa shape index (κ1) is 15.2. The molecule has 0 bridgehead atoms. The summed E-state index contributed by atoms with van der Waals surface area (Å²) < 4.78 is 18.3. The van der Waals surface area contributed by atoms with Gasteiger partial charge in [0.15, 0.2) is 0 Å². The average molecular weight is 319 g/mol. The Morgan fingerprint density at radius 2 is 2.14 bits per heavy atom. The van der Waals surface area contributed by atoms with Crippen LogP contribution < -0.4 is 0 Å². The minimum absolute atomic E-state index is 0.0379. The molecule has 1 aromatic heterocycles. The summed E-state index contributed by atoms with van der Waals surface area (Å²) in [7, 11) is 0. The van der Waals surface area contributed by atoms with Gasteiger partial charge in [0.25, 0.3) is 5.91 Å². The minimum Gasteiger partial charge on any atom is -0.374 e. The molecule has 2 heterocycles. The van der Waals surface area contributed by atoms with Crippen LogP contribution in [0.5, 0.6) is 0 Å². The third-order valence-corrected chi connectivity index (χ3v) is 4.53. The molecule has 1 fully saturated rings. The fourth-order valence-corrected chi connectivity index (χ4v) is 3.48. The summed E-state index contributed by atoms with van der Waals surface area (Å²) in [4.78, 5) is 14.5. The number of benzene rings is 1. The fraction of sp³-hybridized carbons (Fsp3) is 0.353. The highest BCUT2D eigenvalue weighted by Gasteiger charge is 2.25. The van der Waals surface area contributed by atoms with Gasteiger partial charge < -0.3 is 9.64 Å². The summed E-state index contributed by atoms with van der Waals surface area (Å²) in [6.07, 6.45) is 0.234. The number of carbonyl (C=O) groups excluding carboxylic acids is 1. The maximum absolute atomic E-state index is 12.9. The van der Waals surface area contributed by atoms with Gasteiger partial charge in [-0.2, -0.15) is 11.3 Å². The molecule has 0 aliphatic carbocycles. The van der Waals surface area contributed by atoms with Crippen LogP contribution in [0.4, 0.5) is 4.39 Å². The second-order valence-electron chi connectivity index (χ2n) is 5.32. The SMILES string of the molecule is O=C(c1cscc1-c1ccccc1)N1CCCO[C@@H](CF)C1. The molecule has 2 aromatic rings. The number of halogens is 1. The molecule has 1 aliphatic rings. The quantitative estimate of drug-likeness (QED) is 0.865. The van der Waals surface area contributed by atoms with Gasteiger partial charge >= 0.3 is 0 Å². The van der Waals surface area contributed by atoms with Crippen molar-refractivity contribution in [2.24, 2.45) is 0 Å². The third-order valence-electron chi connectivity index (χ3n) is 3.79. The Morgan fingerprint density at radius 3 is 2.91 bits per heavy atom. The summed E-state index contributed by atoms with van der Waals surface area (Å²) in [5, 5.41) is 3.87. The molecular weight excluding hydrogens is 301 g/mol. The fourth-order valence-electron chi connectivity index (χ4n) is 2.65. The third kappa shape index (κ3) is 3.20. The summed E-state index contributed by atoms with van der Waals surface area (Å²) in [6.45, 7) is 0.880. The van der Waals surface area contributed by atoms with Crippen molar-refractivity contribution in [3.63, 3.8) is 0 Å². The molecule has 1 aliphatic heterocycles. The van der Waals surface area contributed by atoms with Crippen molar-refractivity contribution >= 4 is 17.2 Å². The Labute approximate surface area is 133 Å². The van der Waals surface area contributed by atoms with Crippen molar-refractivity contribution < 1.29 is 13.9 Å². The maximum atomic E-state index is 12.9. The Balaban J connectivity index is 1.85. The van der Waals surface area contributed by atoms with Crippen molar-refractivity contribution in [2.75, 3.05) is 26.4 Å². The molecule has 0 spiro atoms. The van der Waals surface area contributed by atoms with Crippen LogP contribution in [0.15, 0.2) is 41.1 Å². The molecule has 0 radical (unpaired) electrons. The van der Waals surface area contributed by atoms with Crippen molar-refractivity contribution in [3.05, 3.63) is 46.7 Å². The highest BCUT2D eigenvalue weighted by Crippen LogP contribution is 2.28. The molecule has 116 valence electrons. The van der Waals surface area contributed by atoms with Gasteiger partial charge in [-0.15, -0.1) is 0 Å². The van der Waals surface area contributed by atoms with Crippen LogP contribution in [0.2, 0.25) is 0 Å². The smallest absolute Gasteiger partial charge is 0.255 e. The second-order valence-corrected chi connectivity index (χ2v) is 6.06. The number of thiophene rings is 1. The average Bonchev–Trinajstić information content (AvgIpc) is 2.93. The number of nitrogens with zero attached hydrogens (tertiary/aromatic N) is 1. The van der Waals surface area contributed by atoms with E-state index in [-0.39, 0.29) is 5.91 Å². The van der Waals surface area contributed by atoms with Crippen LogP contribution >= 0.6 is 11.3 Å². The lowest BCUT2D eigenvalue weighted by Gasteiger charge is -2.22. The van der Waals surface area contributed by atoms with E-state index in [1.165, 1.54) is 11.3 Å². The number of carbonyl (C=O) groups is 1. The largest absolute Gasteiger partial charge is 0.374 e. The number of rotatable bonds is 3. The van der Waals surface area contributed by atoms with Crippen LogP contribution in [-0.2, 0) is 4.74 Å². The van der Waals surface area contributed by atoms with E-state index in [9.17, 15) is 9.18 Å². The van der Waals surface area contributed by atoms with Gasteiger partial charge in [-0.3, -0.25) is 4.79 Å². The van der Waals surface area contributed by atoms with Gasteiger partial charge in [0.2, 0.25) is 0 Å². The number of alkyl halides is 1. The predicted molar refractivity (Wildman–Crippen MR) is 86.0 cm³/mol. The second kappa shape index (κ2) is 7.03. The monoisotopic (exact) mass is 319 g/mol. The molecule has 3 nitrogen and oxygen atoms in total. The number of hydrogen-bond acceptors (Lipinski definition) is 3. The molecule has 5 heteroatoms. The normalized spacial score (nSPS) is 19.0. The zero-order valence-electron chi connectivity index (χ0n) is 12.2. The molecule has 1 atom stereocenters. The lowest BCUT2D eigenvalue weighted by molar-refractivity contribution is 0.0343. The maximum Gasteiger partial charge on any atom is 0.255 e. The van der Waals surface area contributed by atoms with E-state index >= 15 is 0 Å². The van der Waals surface area contributed by atoms with Gasteiger partial charge in [0, 0.05) is 30.6 Å². The summed E-state index contributed by atoms with van der Waals surface area (Å²) >= 11 is 1.51. The van der Waals surface area contributed by atoms with Gasteiger partial charge in [0.05, 0.1) is 5.56 Å². The first-order chi connectivity index (χ1) is 10.8. The molecule has 0 saturated carbocycles. The molecule has 3 rings (SSSR count). The summed E-state index contributed by atoms with van der Waals surface area (Å²) in [5.41, 5.74) is 2.66. The van der Waals surface area contributed by atoms with Gasteiger partial charge in [-0.05, 0) is 17.4 Å². The minimum atomic E-state index is -0.557. The topological polar surface area (TPSA) is 29.5 Å². The van der Waals surface area contributed by atoms with Crippen molar-refractivity contribution in [1.29, 1.82) is 0 Å². The van der Waals surface area contributed by atoms with Crippen LogP contribution in [0.1, 0.15) is 16.8 Å². The van der Waals surface area contributed by atoms with Crippen LogP contribution in [0, 0.1) is 0 Å². The number of amides is 1. The van der Waals surface area contributed by atoms with Crippen LogP contribution in [0.3, 0.4) is 0 Å². The van der Waals surface area contributed by atoms with E-state index < -0.39 is 12.8 Å². The van der Waals surface area contributed by atoms with Gasteiger partial charge in [-0.1, -0.05) is 30.3 Å². The van der Waals surface area contributed by atoms with Crippen LogP contribution in [-0.4, -0.2) is 43.3 Å². The molecule has 0 unspecified atom stereocenters. The van der Waals surface area contributed by atoms with E-state index in [1.54, 1.807) is 4.90 Å². The van der Waals surface area contributed by atoms with Crippen molar-refractivity contribution in [3.8, 4) is 11.1 Å².